The molecule has 0 radical (unpaired) electrons. The van der Waals surface area contributed by atoms with Crippen LogP contribution in [0.5, 0.6) is 0 Å². The number of nitrogens with zero attached hydrogens (tertiary/aromatic N) is 3. The second-order valence-electron chi connectivity index (χ2n) is 6.77. The van der Waals surface area contributed by atoms with Crippen molar-refractivity contribution >= 4 is 17.1 Å². The smallest absolute Gasteiger partial charge is 0.329 e. The molecule has 2 aromatic heterocycles. The number of aryl methyl sites for hydroxylation is 1. The van der Waals surface area contributed by atoms with Gasteiger partial charge in [0.25, 0.3) is 5.56 Å². The number of aromatic nitrogens is 4. The highest BCUT2D eigenvalue weighted by Crippen LogP contribution is 2.22. The lowest BCUT2D eigenvalue weighted by Gasteiger charge is -2.16. The van der Waals surface area contributed by atoms with E-state index in [-0.39, 0.29) is 6.04 Å². The van der Waals surface area contributed by atoms with E-state index in [0.717, 1.165) is 11.1 Å². The topological polar surface area (TPSA) is 84.7 Å². The van der Waals surface area contributed by atoms with Crippen LogP contribution in [0.4, 0.5) is 5.95 Å². The minimum atomic E-state index is -0.482. The summed E-state index contributed by atoms with van der Waals surface area (Å²) < 4.78 is 3.18. The fraction of sp³-hybridized carbons (Fsp3) is 0.190. The van der Waals surface area contributed by atoms with Gasteiger partial charge in [0.15, 0.2) is 11.2 Å². The van der Waals surface area contributed by atoms with Crippen LogP contribution in [-0.2, 0) is 13.6 Å². The van der Waals surface area contributed by atoms with E-state index in [1.165, 1.54) is 4.57 Å². The standard InChI is InChI=1S/C21H21N5O2/c1-14(16-11-7-4-8-12-16)22-20-23-18-17(19(27)24-21(28)25(18)2)26(20)13-15-9-5-3-6-10-15/h3-12,14H,13H2,1-2H3,(H,22,23)(H,24,27,28)/t14-/m1/s1. The third kappa shape index (κ3) is 3.22. The van der Waals surface area contributed by atoms with Gasteiger partial charge in [-0.05, 0) is 18.1 Å². The number of nitrogens with one attached hydrogen (secondary N) is 2. The Bertz CT molecular complexity index is 1220. The second-order valence-corrected chi connectivity index (χ2v) is 6.77. The molecular formula is C21H21N5O2. The Morgan fingerprint density at radius 1 is 1.04 bits per heavy atom. The van der Waals surface area contributed by atoms with Crippen molar-refractivity contribution in [1.82, 2.24) is 19.1 Å². The van der Waals surface area contributed by atoms with Crippen LogP contribution in [-0.4, -0.2) is 19.1 Å². The van der Waals surface area contributed by atoms with Crippen LogP contribution in [0.15, 0.2) is 70.3 Å². The molecule has 2 N–H and O–H groups in total. The van der Waals surface area contributed by atoms with E-state index in [0.29, 0.717) is 23.7 Å². The molecule has 0 saturated heterocycles. The largest absolute Gasteiger partial charge is 0.349 e. The van der Waals surface area contributed by atoms with Crippen molar-refractivity contribution in [3.8, 4) is 0 Å². The first-order valence-electron chi connectivity index (χ1n) is 9.09. The maximum atomic E-state index is 12.6. The molecule has 2 heterocycles. The minimum Gasteiger partial charge on any atom is -0.349 e. The molecule has 0 fully saturated rings. The lowest BCUT2D eigenvalue weighted by molar-refractivity contribution is 0.782. The monoisotopic (exact) mass is 375 g/mol. The molecule has 1 atom stereocenters. The van der Waals surface area contributed by atoms with Crippen LogP contribution in [0.2, 0.25) is 0 Å². The van der Waals surface area contributed by atoms with Crippen LogP contribution >= 0.6 is 0 Å². The summed E-state index contributed by atoms with van der Waals surface area (Å²) in [5.41, 5.74) is 1.93. The number of hydrogen-bond acceptors (Lipinski definition) is 4. The highest BCUT2D eigenvalue weighted by Gasteiger charge is 2.19. The molecule has 4 rings (SSSR count). The summed E-state index contributed by atoms with van der Waals surface area (Å²) in [6.45, 7) is 2.49. The van der Waals surface area contributed by atoms with E-state index in [1.54, 1.807) is 7.05 Å². The van der Waals surface area contributed by atoms with E-state index in [9.17, 15) is 9.59 Å². The molecular weight excluding hydrogens is 354 g/mol. The summed E-state index contributed by atoms with van der Waals surface area (Å²) in [7, 11) is 1.60. The molecule has 0 aliphatic carbocycles. The Morgan fingerprint density at radius 2 is 1.68 bits per heavy atom. The third-order valence-corrected chi connectivity index (χ3v) is 4.84. The van der Waals surface area contributed by atoms with Gasteiger partial charge in [-0.15, -0.1) is 0 Å². The highest BCUT2D eigenvalue weighted by molar-refractivity contribution is 5.74. The fourth-order valence-electron chi connectivity index (χ4n) is 3.28. The van der Waals surface area contributed by atoms with Gasteiger partial charge < -0.3 is 5.32 Å². The number of fused-ring (bicyclic) bond motifs is 1. The molecule has 7 nitrogen and oxygen atoms in total. The molecule has 7 heteroatoms. The van der Waals surface area contributed by atoms with E-state index in [1.807, 2.05) is 72.2 Å². The van der Waals surface area contributed by atoms with Gasteiger partial charge in [0.2, 0.25) is 5.95 Å². The predicted molar refractivity (Wildman–Crippen MR) is 110 cm³/mol. The normalized spacial score (nSPS) is 12.2. The summed E-state index contributed by atoms with van der Waals surface area (Å²) in [5, 5.41) is 3.39. The second kappa shape index (κ2) is 7.19. The van der Waals surface area contributed by atoms with Crippen LogP contribution in [0.25, 0.3) is 11.2 Å². The van der Waals surface area contributed by atoms with Gasteiger partial charge in [0.05, 0.1) is 12.6 Å². The Balaban J connectivity index is 1.85. The number of rotatable bonds is 5. The summed E-state index contributed by atoms with van der Waals surface area (Å²) in [6.07, 6.45) is 0. The molecule has 2 aromatic carbocycles. The van der Waals surface area contributed by atoms with Crippen LogP contribution in [0, 0.1) is 0 Å². The number of anilines is 1. The predicted octanol–water partition coefficient (Wildman–Crippen LogP) is 2.64. The van der Waals surface area contributed by atoms with Gasteiger partial charge in [-0.25, -0.2) is 4.79 Å². The zero-order valence-corrected chi connectivity index (χ0v) is 15.7. The zero-order valence-electron chi connectivity index (χ0n) is 15.7. The molecule has 28 heavy (non-hydrogen) atoms. The van der Waals surface area contributed by atoms with Crippen molar-refractivity contribution < 1.29 is 0 Å². The van der Waals surface area contributed by atoms with Gasteiger partial charge >= 0.3 is 5.69 Å². The van der Waals surface area contributed by atoms with Crippen LogP contribution < -0.4 is 16.6 Å². The molecule has 0 aliphatic rings. The summed E-state index contributed by atoms with van der Waals surface area (Å²) in [4.78, 5) is 31.5. The molecule has 0 spiro atoms. The SMILES string of the molecule is C[C@@H](Nc1nc2c(c(=O)[nH]c(=O)n2C)n1Cc1ccccc1)c1ccccc1. The summed E-state index contributed by atoms with van der Waals surface area (Å²) >= 11 is 0. The van der Waals surface area contributed by atoms with Crippen molar-refractivity contribution in [3.63, 3.8) is 0 Å². The van der Waals surface area contributed by atoms with E-state index in [2.05, 4.69) is 15.3 Å². The first-order chi connectivity index (χ1) is 13.5. The Hall–Kier alpha value is -3.61. The first-order valence-corrected chi connectivity index (χ1v) is 9.09. The van der Waals surface area contributed by atoms with Crippen molar-refractivity contribution in [2.45, 2.75) is 19.5 Å². The van der Waals surface area contributed by atoms with Crippen LogP contribution in [0.1, 0.15) is 24.1 Å². The van der Waals surface area contributed by atoms with Crippen molar-refractivity contribution in [2.24, 2.45) is 7.05 Å². The number of imidazole rings is 1. The van der Waals surface area contributed by atoms with Gasteiger partial charge in [0.1, 0.15) is 0 Å². The van der Waals surface area contributed by atoms with Gasteiger partial charge in [0, 0.05) is 7.05 Å². The van der Waals surface area contributed by atoms with E-state index < -0.39 is 11.2 Å². The molecule has 0 saturated carbocycles. The summed E-state index contributed by atoms with van der Waals surface area (Å²) in [6, 6.07) is 19.8. The number of aromatic amines is 1. The van der Waals surface area contributed by atoms with Gasteiger partial charge in [-0.1, -0.05) is 60.7 Å². The van der Waals surface area contributed by atoms with Gasteiger partial charge in [-0.2, -0.15) is 4.98 Å². The van der Waals surface area contributed by atoms with Gasteiger partial charge in [-0.3, -0.25) is 18.9 Å². The number of hydrogen-bond donors (Lipinski definition) is 2. The molecule has 0 amide bonds. The molecule has 0 bridgehead atoms. The number of H-pyrrole nitrogens is 1. The van der Waals surface area contributed by atoms with Crippen LogP contribution in [0.3, 0.4) is 0 Å². The summed E-state index contributed by atoms with van der Waals surface area (Å²) in [5.74, 6) is 0.543. The minimum absolute atomic E-state index is 0.0244. The number of benzene rings is 2. The molecule has 0 aliphatic heterocycles. The Morgan fingerprint density at radius 3 is 2.36 bits per heavy atom. The average molecular weight is 375 g/mol. The first kappa shape index (κ1) is 17.8. The molecule has 4 aromatic rings. The maximum absolute atomic E-state index is 12.6. The van der Waals surface area contributed by atoms with Crippen molar-refractivity contribution in [2.75, 3.05) is 5.32 Å². The Kier molecular flexibility index (Phi) is 4.57. The third-order valence-electron chi connectivity index (χ3n) is 4.84. The quantitative estimate of drug-likeness (QED) is 0.562. The lowest BCUT2D eigenvalue weighted by atomic mass is 10.1. The highest BCUT2D eigenvalue weighted by atomic mass is 16.2. The van der Waals surface area contributed by atoms with Crippen molar-refractivity contribution in [3.05, 3.63) is 92.6 Å². The Labute approximate surface area is 161 Å². The van der Waals surface area contributed by atoms with E-state index in [4.69, 9.17) is 0 Å². The van der Waals surface area contributed by atoms with E-state index >= 15 is 0 Å². The zero-order chi connectivity index (χ0) is 19.7. The average Bonchev–Trinajstić information content (AvgIpc) is 3.06. The lowest BCUT2D eigenvalue weighted by Crippen LogP contribution is -2.29. The fourth-order valence-corrected chi connectivity index (χ4v) is 3.28. The maximum Gasteiger partial charge on any atom is 0.329 e. The van der Waals surface area contributed by atoms with Crippen molar-refractivity contribution in [1.29, 1.82) is 0 Å². The molecule has 142 valence electrons. The molecule has 0 unspecified atom stereocenters.